The van der Waals surface area contributed by atoms with Crippen LogP contribution in [0.2, 0.25) is 5.02 Å². The maximum Gasteiger partial charge on any atom is 0.151 e. The van der Waals surface area contributed by atoms with Gasteiger partial charge in [-0.05, 0) is 24.8 Å². The van der Waals surface area contributed by atoms with E-state index in [1.54, 1.807) is 12.3 Å². The molecule has 4 nitrogen and oxygen atoms in total. The van der Waals surface area contributed by atoms with Gasteiger partial charge < -0.3 is 15.4 Å². The first kappa shape index (κ1) is 12.5. The summed E-state index contributed by atoms with van der Waals surface area (Å²) in [7, 11) is 2.02. The zero-order chi connectivity index (χ0) is 12.3. The van der Waals surface area contributed by atoms with Crippen LogP contribution in [0.5, 0.6) is 0 Å². The third-order valence-electron chi connectivity index (χ3n) is 3.10. The SMILES string of the molecule is CN(CC1CCOCC1)c1ncc(Cl)cc1N. The van der Waals surface area contributed by atoms with Crippen molar-refractivity contribution in [3.8, 4) is 0 Å². The fourth-order valence-corrected chi connectivity index (χ4v) is 2.34. The molecule has 94 valence electrons. The Morgan fingerprint density at radius 1 is 1.53 bits per heavy atom. The highest BCUT2D eigenvalue weighted by atomic mass is 35.5. The lowest BCUT2D eigenvalue weighted by Gasteiger charge is -2.28. The number of anilines is 2. The Balaban J connectivity index is 2.00. The molecule has 0 unspecified atom stereocenters. The normalized spacial score (nSPS) is 17.1. The van der Waals surface area contributed by atoms with E-state index in [-0.39, 0.29) is 0 Å². The van der Waals surface area contributed by atoms with Gasteiger partial charge >= 0.3 is 0 Å². The topological polar surface area (TPSA) is 51.4 Å². The second kappa shape index (κ2) is 5.56. The van der Waals surface area contributed by atoms with Crippen LogP contribution in [0.4, 0.5) is 11.5 Å². The van der Waals surface area contributed by atoms with E-state index in [2.05, 4.69) is 9.88 Å². The van der Waals surface area contributed by atoms with Crippen LogP contribution in [0.15, 0.2) is 12.3 Å². The number of aromatic nitrogens is 1. The first-order valence-electron chi connectivity index (χ1n) is 5.86. The van der Waals surface area contributed by atoms with Gasteiger partial charge in [0.1, 0.15) is 0 Å². The number of ether oxygens (including phenoxy) is 1. The van der Waals surface area contributed by atoms with Crippen LogP contribution >= 0.6 is 11.6 Å². The zero-order valence-electron chi connectivity index (χ0n) is 10.0. The summed E-state index contributed by atoms with van der Waals surface area (Å²) in [6.07, 6.45) is 3.85. The number of nitrogens with zero attached hydrogens (tertiary/aromatic N) is 2. The molecule has 0 radical (unpaired) electrons. The van der Waals surface area contributed by atoms with Crippen molar-refractivity contribution in [2.75, 3.05) is 37.4 Å². The number of halogens is 1. The van der Waals surface area contributed by atoms with Gasteiger partial charge in [0.2, 0.25) is 0 Å². The average Bonchev–Trinajstić information content (AvgIpc) is 2.30. The third-order valence-corrected chi connectivity index (χ3v) is 3.30. The molecule has 2 heterocycles. The van der Waals surface area contributed by atoms with Crippen molar-refractivity contribution in [2.24, 2.45) is 5.92 Å². The Labute approximate surface area is 107 Å². The van der Waals surface area contributed by atoms with Crippen molar-refractivity contribution in [3.63, 3.8) is 0 Å². The Kier molecular flexibility index (Phi) is 4.07. The summed E-state index contributed by atoms with van der Waals surface area (Å²) >= 11 is 5.84. The third kappa shape index (κ3) is 3.23. The van der Waals surface area contributed by atoms with Gasteiger partial charge in [-0.15, -0.1) is 0 Å². The van der Waals surface area contributed by atoms with Crippen LogP contribution in [0, 0.1) is 5.92 Å². The van der Waals surface area contributed by atoms with Crippen LogP contribution in [-0.4, -0.2) is 31.8 Å². The molecule has 5 heteroatoms. The minimum atomic E-state index is 0.575. The van der Waals surface area contributed by atoms with Crippen LogP contribution in [0.25, 0.3) is 0 Å². The van der Waals surface area contributed by atoms with Gasteiger partial charge in [-0.25, -0.2) is 4.98 Å². The molecular weight excluding hydrogens is 238 g/mol. The standard InChI is InChI=1S/C12H18ClN3O/c1-16(8-9-2-4-17-5-3-9)12-11(14)6-10(13)7-15-12/h6-7,9H,2-5,8,14H2,1H3. The van der Waals surface area contributed by atoms with Crippen LogP contribution in [-0.2, 0) is 4.74 Å². The smallest absolute Gasteiger partial charge is 0.151 e. The van der Waals surface area contributed by atoms with Gasteiger partial charge in [0.25, 0.3) is 0 Å². The van der Waals surface area contributed by atoms with E-state index in [4.69, 9.17) is 22.1 Å². The second-order valence-electron chi connectivity index (χ2n) is 4.50. The predicted octanol–water partition coefficient (Wildman–Crippen LogP) is 2.18. The maximum absolute atomic E-state index is 5.91. The van der Waals surface area contributed by atoms with Crippen molar-refractivity contribution in [1.29, 1.82) is 0 Å². The lowest BCUT2D eigenvalue weighted by Crippen LogP contribution is -2.30. The molecule has 0 atom stereocenters. The summed E-state index contributed by atoms with van der Waals surface area (Å²) < 4.78 is 5.35. The monoisotopic (exact) mass is 255 g/mol. The molecule has 1 aromatic rings. The molecule has 0 bridgehead atoms. The van der Waals surface area contributed by atoms with Crippen molar-refractivity contribution in [3.05, 3.63) is 17.3 Å². The highest BCUT2D eigenvalue weighted by Crippen LogP contribution is 2.24. The zero-order valence-corrected chi connectivity index (χ0v) is 10.8. The molecule has 0 spiro atoms. The van der Waals surface area contributed by atoms with Crippen LogP contribution in [0.3, 0.4) is 0 Å². The van der Waals surface area contributed by atoms with Gasteiger partial charge in [-0.2, -0.15) is 0 Å². The van der Waals surface area contributed by atoms with Crippen molar-refractivity contribution >= 4 is 23.1 Å². The Bertz CT molecular complexity index is 380. The summed E-state index contributed by atoms with van der Waals surface area (Å²) in [5, 5.41) is 0.575. The van der Waals surface area contributed by atoms with E-state index in [0.717, 1.165) is 38.4 Å². The number of pyridine rings is 1. The van der Waals surface area contributed by atoms with E-state index in [1.165, 1.54) is 0 Å². The van der Waals surface area contributed by atoms with Gasteiger partial charge in [0, 0.05) is 33.0 Å². The quantitative estimate of drug-likeness (QED) is 0.900. The lowest BCUT2D eigenvalue weighted by atomic mass is 10.00. The molecule has 2 rings (SSSR count). The van der Waals surface area contributed by atoms with E-state index in [0.29, 0.717) is 16.6 Å². The fraction of sp³-hybridized carbons (Fsp3) is 0.583. The van der Waals surface area contributed by atoms with E-state index >= 15 is 0 Å². The summed E-state index contributed by atoms with van der Waals surface area (Å²) in [5.41, 5.74) is 6.55. The molecule has 17 heavy (non-hydrogen) atoms. The summed E-state index contributed by atoms with van der Waals surface area (Å²) in [6.45, 7) is 2.69. The molecule has 1 aromatic heterocycles. The number of hydrogen-bond acceptors (Lipinski definition) is 4. The average molecular weight is 256 g/mol. The highest BCUT2D eigenvalue weighted by molar-refractivity contribution is 6.30. The largest absolute Gasteiger partial charge is 0.396 e. The molecule has 1 aliphatic heterocycles. The summed E-state index contributed by atoms with van der Waals surface area (Å²) in [6, 6.07) is 1.74. The molecule has 2 N–H and O–H groups in total. The van der Waals surface area contributed by atoms with Gasteiger partial charge in [-0.3, -0.25) is 0 Å². The van der Waals surface area contributed by atoms with E-state index in [1.807, 2.05) is 7.05 Å². The van der Waals surface area contributed by atoms with Gasteiger partial charge in [0.05, 0.1) is 10.7 Å². The van der Waals surface area contributed by atoms with Gasteiger partial charge in [-0.1, -0.05) is 11.6 Å². The predicted molar refractivity (Wildman–Crippen MR) is 70.5 cm³/mol. The molecular formula is C12H18ClN3O. The van der Waals surface area contributed by atoms with Crippen molar-refractivity contribution < 1.29 is 4.74 Å². The fourth-order valence-electron chi connectivity index (χ4n) is 2.17. The second-order valence-corrected chi connectivity index (χ2v) is 4.94. The Hall–Kier alpha value is -1.00. The van der Waals surface area contributed by atoms with E-state index in [9.17, 15) is 0 Å². The summed E-state index contributed by atoms with van der Waals surface area (Å²) in [4.78, 5) is 6.38. The maximum atomic E-state index is 5.91. The number of hydrogen-bond donors (Lipinski definition) is 1. The van der Waals surface area contributed by atoms with Crippen molar-refractivity contribution in [1.82, 2.24) is 4.98 Å². The van der Waals surface area contributed by atoms with Crippen LogP contribution in [0.1, 0.15) is 12.8 Å². The highest BCUT2D eigenvalue weighted by Gasteiger charge is 2.17. The van der Waals surface area contributed by atoms with Crippen LogP contribution < -0.4 is 10.6 Å². The van der Waals surface area contributed by atoms with Gasteiger partial charge in [0.15, 0.2) is 5.82 Å². The van der Waals surface area contributed by atoms with E-state index < -0.39 is 0 Å². The minimum absolute atomic E-state index is 0.575. The number of nitrogens with two attached hydrogens (primary N) is 1. The van der Waals surface area contributed by atoms with Crippen molar-refractivity contribution in [2.45, 2.75) is 12.8 Å². The molecule has 1 fully saturated rings. The first-order valence-corrected chi connectivity index (χ1v) is 6.24. The Morgan fingerprint density at radius 3 is 2.88 bits per heavy atom. The molecule has 0 saturated carbocycles. The summed E-state index contributed by atoms with van der Waals surface area (Å²) in [5.74, 6) is 1.46. The first-order chi connectivity index (χ1) is 8.16. The molecule has 1 saturated heterocycles. The molecule has 0 amide bonds. The molecule has 0 aromatic carbocycles. The minimum Gasteiger partial charge on any atom is -0.396 e. The molecule has 1 aliphatic rings. The molecule has 0 aliphatic carbocycles. The Morgan fingerprint density at radius 2 is 2.24 bits per heavy atom. The number of nitrogen functional groups attached to an aromatic ring is 1. The lowest BCUT2D eigenvalue weighted by molar-refractivity contribution is 0.0685. The number of rotatable bonds is 3.